The molecule has 1 N–H and O–H groups in total. The molecule has 0 heterocycles. The van der Waals surface area contributed by atoms with E-state index in [0.717, 1.165) is 22.3 Å². The molecule has 5 nitrogen and oxygen atoms in total. The Hall–Kier alpha value is -3.60. The molecule has 0 spiro atoms. The topological polar surface area (TPSA) is 58.6 Å². The van der Waals surface area contributed by atoms with Gasteiger partial charge in [-0.1, -0.05) is 77.9 Å². The molecule has 0 aliphatic heterocycles. The molecule has 0 unspecified atom stereocenters. The van der Waals surface area contributed by atoms with Crippen LogP contribution in [-0.4, -0.2) is 36.4 Å². The number of carbonyl (C=O) groups excluding carboxylic acids is 2. The molecule has 0 bridgehead atoms. The van der Waals surface area contributed by atoms with Gasteiger partial charge in [0.1, 0.15) is 11.8 Å². The summed E-state index contributed by atoms with van der Waals surface area (Å²) < 4.78 is 5.75. The van der Waals surface area contributed by atoms with E-state index in [1.54, 1.807) is 11.9 Å². The first kappa shape index (κ1) is 23.1. The van der Waals surface area contributed by atoms with Crippen LogP contribution < -0.4 is 10.1 Å². The summed E-state index contributed by atoms with van der Waals surface area (Å²) in [5, 5.41) is 2.72. The van der Waals surface area contributed by atoms with Crippen LogP contribution in [0.1, 0.15) is 22.3 Å². The minimum atomic E-state index is -0.655. The van der Waals surface area contributed by atoms with Crippen molar-refractivity contribution < 1.29 is 14.3 Å². The number of hydrogen-bond acceptors (Lipinski definition) is 3. The van der Waals surface area contributed by atoms with Gasteiger partial charge in [-0.05, 0) is 37.1 Å². The Morgan fingerprint density at radius 2 is 1.44 bits per heavy atom. The summed E-state index contributed by atoms with van der Waals surface area (Å²) in [6.07, 6.45) is 0.419. The largest absolute Gasteiger partial charge is 0.484 e. The maximum absolute atomic E-state index is 13.3. The minimum absolute atomic E-state index is 0.142. The lowest BCUT2D eigenvalue weighted by molar-refractivity contribution is -0.142. The van der Waals surface area contributed by atoms with Crippen LogP contribution in [0.25, 0.3) is 0 Å². The molecule has 0 saturated heterocycles. The highest BCUT2D eigenvalue weighted by Crippen LogP contribution is 2.17. The van der Waals surface area contributed by atoms with E-state index in [4.69, 9.17) is 4.74 Å². The summed E-state index contributed by atoms with van der Waals surface area (Å²) in [6.45, 7) is 4.19. The van der Waals surface area contributed by atoms with Crippen molar-refractivity contribution in [2.75, 3.05) is 13.7 Å². The van der Waals surface area contributed by atoms with Gasteiger partial charge in [-0.2, -0.15) is 0 Å². The van der Waals surface area contributed by atoms with Crippen LogP contribution in [0, 0.1) is 13.8 Å². The number of carbonyl (C=O) groups is 2. The summed E-state index contributed by atoms with van der Waals surface area (Å²) >= 11 is 0. The van der Waals surface area contributed by atoms with Gasteiger partial charge in [-0.3, -0.25) is 9.59 Å². The van der Waals surface area contributed by atoms with Gasteiger partial charge in [0, 0.05) is 20.0 Å². The average Bonchev–Trinajstić information content (AvgIpc) is 2.82. The Labute approximate surface area is 190 Å². The molecule has 5 heteroatoms. The molecule has 1 atom stereocenters. The fourth-order valence-corrected chi connectivity index (χ4v) is 3.47. The van der Waals surface area contributed by atoms with E-state index >= 15 is 0 Å². The van der Waals surface area contributed by atoms with Gasteiger partial charge in [-0.15, -0.1) is 0 Å². The van der Waals surface area contributed by atoms with E-state index in [2.05, 4.69) is 5.32 Å². The van der Waals surface area contributed by atoms with Crippen molar-refractivity contribution in [2.45, 2.75) is 32.9 Å². The average molecular weight is 431 g/mol. The Kier molecular flexibility index (Phi) is 8.03. The molecule has 166 valence electrons. The first-order valence-electron chi connectivity index (χ1n) is 10.8. The Bertz CT molecular complexity index is 1020. The zero-order valence-electron chi connectivity index (χ0n) is 18.9. The quantitative estimate of drug-likeness (QED) is 0.557. The molecule has 0 saturated carbocycles. The second kappa shape index (κ2) is 11.1. The van der Waals surface area contributed by atoms with Crippen molar-refractivity contribution in [3.05, 3.63) is 101 Å². The fraction of sp³-hybridized carbons (Fsp3) is 0.259. The van der Waals surface area contributed by atoms with Crippen LogP contribution in [0.3, 0.4) is 0 Å². The normalized spacial score (nSPS) is 11.5. The molecule has 2 amide bonds. The highest BCUT2D eigenvalue weighted by atomic mass is 16.5. The van der Waals surface area contributed by atoms with Gasteiger partial charge >= 0.3 is 0 Å². The van der Waals surface area contributed by atoms with E-state index in [1.807, 2.05) is 92.7 Å². The smallest absolute Gasteiger partial charge is 0.261 e. The maximum atomic E-state index is 13.3. The summed E-state index contributed by atoms with van der Waals surface area (Å²) in [5.41, 5.74) is 4.21. The van der Waals surface area contributed by atoms with Crippen molar-refractivity contribution in [3.8, 4) is 5.75 Å². The Morgan fingerprint density at radius 3 is 2.03 bits per heavy atom. The van der Waals surface area contributed by atoms with Crippen LogP contribution in [0.5, 0.6) is 5.75 Å². The van der Waals surface area contributed by atoms with E-state index < -0.39 is 6.04 Å². The standard InChI is InChI=1S/C27H30N2O3/c1-20-9-13-23(14-10-20)18-29(26(30)19-32-24-15-11-21(2)12-16-24)25(27(31)28-3)17-22-7-5-4-6-8-22/h4-16,25H,17-19H2,1-3H3,(H,28,31)/t25-/m1/s1. The zero-order chi connectivity index (χ0) is 22.9. The number of nitrogens with one attached hydrogen (secondary N) is 1. The van der Waals surface area contributed by atoms with E-state index in [9.17, 15) is 9.59 Å². The van der Waals surface area contributed by atoms with Gasteiger partial charge in [0.15, 0.2) is 6.61 Å². The molecule has 3 aromatic carbocycles. The lowest BCUT2D eigenvalue weighted by Gasteiger charge is -2.31. The fourth-order valence-electron chi connectivity index (χ4n) is 3.47. The predicted molar refractivity (Wildman–Crippen MR) is 126 cm³/mol. The molecule has 0 fully saturated rings. The molecule has 3 aromatic rings. The first-order valence-corrected chi connectivity index (χ1v) is 10.8. The van der Waals surface area contributed by atoms with Gasteiger partial charge in [0.2, 0.25) is 5.91 Å². The second-order valence-electron chi connectivity index (χ2n) is 7.93. The molecule has 0 aromatic heterocycles. The van der Waals surface area contributed by atoms with Crippen LogP contribution >= 0.6 is 0 Å². The number of amides is 2. The summed E-state index contributed by atoms with van der Waals surface area (Å²) in [5.74, 6) is 0.180. The number of aryl methyl sites for hydroxylation is 2. The SMILES string of the molecule is CNC(=O)[C@@H](Cc1ccccc1)N(Cc1ccc(C)cc1)C(=O)COc1ccc(C)cc1. The van der Waals surface area contributed by atoms with Crippen LogP contribution in [-0.2, 0) is 22.6 Å². The lowest BCUT2D eigenvalue weighted by atomic mass is 10.0. The van der Waals surface area contributed by atoms with Gasteiger partial charge in [0.25, 0.3) is 5.91 Å². The third-order valence-electron chi connectivity index (χ3n) is 5.37. The molecule has 0 aliphatic rings. The third-order valence-corrected chi connectivity index (χ3v) is 5.37. The Balaban J connectivity index is 1.85. The van der Waals surface area contributed by atoms with Gasteiger partial charge in [-0.25, -0.2) is 0 Å². The number of rotatable bonds is 9. The maximum Gasteiger partial charge on any atom is 0.261 e. The Morgan fingerprint density at radius 1 is 0.844 bits per heavy atom. The molecule has 3 rings (SSSR count). The monoisotopic (exact) mass is 430 g/mol. The van der Waals surface area contributed by atoms with Crippen LogP contribution in [0.15, 0.2) is 78.9 Å². The number of nitrogens with zero attached hydrogens (tertiary/aromatic N) is 1. The van der Waals surface area contributed by atoms with Crippen molar-refractivity contribution in [1.82, 2.24) is 10.2 Å². The van der Waals surface area contributed by atoms with Crippen molar-refractivity contribution >= 4 is 11.8 Å². The first-order chi connectivity index (χ1) is 15.5. The van der Waals surface area contributed by atoms with Crippen LogP contribution in [0.4, 0.5) is 0 Å². The minimum Gasteiger partial charge on any atom is -0.484 e. The molecule has 32 heavy (non-hydrogen) atoms. The van der Waals surface area contributed by atoms with Crippen LogP contribution in [0.2, 0.25) is 0 Å². The van der Waals surface area contributed by atoms with Crippen molar-refractivity contribution in [3.63, 3.8) is 0 Å². The van der Waals surface area contributed by atoms with Gasteiger partial charge in [0.05, 0.1) is 0 Å². The summed E-state index contributed by atoms with van der Waals surface area (Å²) in [6, 6.07) is 24.6. The highest BCUT2D eigenvalue weighted by Gasteiger charge is 2.30. The van der Waals surface area contributed by atoms with E-state index in [1.165, 1.54) is 0 Å². The number of benzene rings is 3. The number of ether oxygens (including phenoxy) is 1. The van der Waals surface area contributed by atoms with Crippen molar-refractivity contribution in [1.29, 1.82) is 0 Å². The molecular weight excluding hydrogens is 400 g/mol. The summed E-state index contributed by atoms with van der Waals surface area (Å²) in [4.78, 5) is 27.8. The highest BCUT2D eigenvalue weighted by molar-refractivity contribution is 5.88. The third kappa shape index (κ3) is 6.45. The lowest BCUT2D eigenvalue weighted by Crippen LogP contribution is -2.51. The summed E-state index contributed by atoms with van der Waals surface area (Å²) in [7, 11) is 1.59. The second-order valence-corrected chi connectivity index (χ2v) is 7.93. The molecular formula is C27H30N2O3. The number of hydrogen-bond donors (Lipinski definition) is 1. The predicted octanol–water partition coefficient (Wildman–Crippen LogP) is 4.07. The van der Waals surface area contributed by atoms with Crippen molar-refractivity contribution in [2.24, 2.45) is 0 Å². The van der Waals surface area contributed by atoms with E-state index in [-0.39, 0.29) is 18.4 Å². The molecule has 0 radical (unpaired) electrons. The van der Waals surface area contributed by atoms with Gasteiger partial charge < -0.3 is 15.0 Å². The number of likely N-dealkylation sites (N-methyl/N-ethyl adjacent to an activating group) is 1. The zero-order valence-corrected chi connectivity index (χ0v) is 18.9. The van der Waals surface area contributed by atoms with E-state index in [0.29, 0.717) is 18.7 Å². The molecule has 0 aliphatic carbocycles.